The van der Waals surface area contributed by atoms with Crippen molar-refractivity contribution in [3.8, 4) is 0 Å². The second-order valence-electron chi connectivity index (χ2n) is 15.3. The van der Waals surface area contributed by atoms with Crippen molar-refractivity contribution in [1.82, 2.24) is 9.80 Å². The fourth-order valence-corrected chi connectivity index (χ4v) is 10.9. The van der Waals surface area contributed by atoms with E-state index in [2.05, 4.69) is 54.7 Å². The molecule has 3 aliphatic rings. The monoisotopic (exact) mass is 637 g/mol. The minimum absolute atomic E-state index is 0.0144. The summed E-state index contributed by atoms with van der Waals surface area (Å²) in [7, 11) is 0. The van der Waals surface area contributed by atoms with E-state index in [1.165, 1.54) is 0 Å². The fourth-order valence-electron chi connectivity index (χ4n) is 8.60. The van der Waals surface area contributed by atoms with Gasteiger partial charge in [-0.1, -0.05) is 64.0 Å². The van der Waals surface area contributed by atoms with E-state index in [0.29, 0.717) is 19.6 Å². The molecule has 3 amide bonds. The lowest BCUT2D eigenvalue weighted by molar-refractivity contribution is -0.146. The van der Waals surface area contributed by atoms with E-state index in [0.717, 1.165) is 50.6 Å². The van der Waals surface area contributed by atoms with E-state index in [1.807, 2.05) is 40.1 Å². The molecule has 45 heavy (non-hydrogen) atoms. The highest BCUT2D eigenvalue weighted by atomic mass is 32.2. The van der Waals surface area contributed by atoms with Crippen molar-refractivity contribution < 1.29 is 19.5 Å². The number of rotatable bonds is 15. The molecule has 2 bridgehead atoms. The lowest BCUT2D eigenvalue weighted by atomic mass is 9.66. The third-order valence-electron chi connectivity index (χ3n) is 10.0. The van der Waals surface area contributed by atoms with Gasteiger partial charge in [0.2, 0.25) is 17.7 Å². The molecule has 1 aromatic carbocycles. The van der Waals surface area contributed by atoms with E-state index < -0.39 is 32.9 Å². The maximum atomic E-state index is 15.1. The number of para-hydroxylation sites is 1. The van der Waals surface area contributed by atoms with Gasteiger partial charge in [0, 0.05) is 42.2 Å². The third-order valence-corrected chi connectivity index (χ3v) is 12.0. The molecule has 0 saturated carbocycles. The van der Waals surface area contributed by atoms with Crippen molar-refractivity contribution >= 4 is 35.2 Å². The summed E-state index contributed by atoms with van der Waals surface area (Å²) in [5.41, 5.74) is 0.301. The quantitative estimate of drug-likeness (QED) is 0.176. The van der Waals surface area contributed by atoms with Gasteiger partial charge in [0.25, 0.3) is 0 Å². The van der Waals surface area contributed by atoms with Crippen LogP contribution in [0.15, 0.2) is 55.6 Å². The number of hydrogen-bond donors (Lipinski definition) is 1. The topological polar surface area (TPSA) is 81.2 Å². The van der Waals surface area contributed by atoms with Crippen molar-refractivity contribution in [2.45, 2.75) is 108 Å². The maximum absolute atomic E-state index is 15.1. The fraction of sp³-hybridized carbons (Fsp3) is 0.649. The van der Waals surface area contributed by atoms with Gasteiger partial charge in [0.15, 0.2) is 0 Å². The first-order chi connectivity index (χ1) is 21.2. The SMILES string of the molecule is C=CCN(C(=O)[C@@H]1[C@H]2C(=O)N(CCCCCCO)C(C(=O)N(CC=C)C(C)(C)CC(C)(C)C)C23CC[C@@]1(C)S3)c1ccccc1. The summed E-state index contributed by atoms with van der Waals surface area (Å²) < 4.78 is -1.14. The number of thioether (sulfide) groups is 1. The Morgan fingerprint density at radius 2 is 1.64 bits per heavy atom. The van der Waals surface area contributed by atoms with Gasteiger partial charge in [-0.25, -0.2) is 0 Å². The number of nitrogens with zero attached hydrogens (tertiary/aromatic N) is 3. The number of anilines is 1. The van der Waals surface area contributed by atoms with Crippen LogP contribution in [0.25, 0.3) is 0 Å². The van der Waals surface area contributed by atoms with Gasteiger partial charge in [-0.3, -0.25) is 14.4 Å². The second kappa shape index (κ2) is 13.6. The van der Waals surface area contributed by atoms with Crippen molar-refractivity contribution in [1.29, 1.82) is 0 Å². The van der Waals surface area contributed by atoms with Crippen LogP contribution in [-0.2, 0) is 14.4 Å². The molecule has 3 fully saturated rings. The number of amides is 3. The molecular weight excluding hydrogens is 582 g/mol. The first kappa shape index (κ1) is 35.3. The van der Waals surface area contributed by atoms with Gasteiger partial charge < -0.3 is 19.8 Å². The molecule has 3 heterocycles. The Hall–Kier alpha value is -2.58. The van der Waals surface area contributed by atoms with Crippen molar-refractivity contribution in [3.05, 3.63) is 55.6 Å². The average molecular weight is 638 g/mol. The Kier molecular flexibility index (Phi) is 10.7. The van der Waals surface area contributed by atoms with Gasteiger partial charge >= 0.3 is 0 Å². The summed E-state index contributed by atoms with van der Waals surface area (Å²) >= 11 is 1.73. The van der Waals surface area contributed by atoms with E-state index in [1.54, 1.807) is 28.8 Å². The molecule has 0 aliphatic carbocycles. The summed E-state index contributed by atoms with van der Waals surface area (Å²) in [6, 6.07) is 8.95. The summed E-state index contributed by atoms with van der Waals surface area (Å²) in [6.07, 6.45) is 9.01. The second-order valence-corrected chi connectivity index (χ2v) is 17.2. The van der Waals surface area contributed by atoms with Crippen LogP contribution in [0.2, 0.25) is 0 Å². The van der Waals surface area contributed by atoms with Crippen LogP contribution in [-0.4, -0.2) is 79.9 Å². The zero-order valence-corrected chi connectivity index (χ0v) is 29.2. The number of aliphatic hydroxyl groups excluding tert-OH is 1. The Bertz CT molecular complexity index is 1260. The lowest BCUT2D eigenvalue weighted by Gasteiger charge is -2.46. The highest BCUT2D eigenvalue weighted by Gasteiger charge is 2.77. The minimum atomic E-state index is -0.678. The average Bonchev–Trinajstić information content (AvgIpc) is 3.53. The summed E-state index contributed by atoms with van der Waals surface area (Å²) in [5, 5.41) is 9.28. The zero-order chi connectivity index (χ0) is 33.2. The molecule has 7 nitrogen and oxygen atoms in total. The van der Waals surface area contributed by atoms with Crippen LogP contribution in [0.4, 0.5) is 5.69 Å². The number of likely N-dealkylation sites (tertiary alicyclic amines) is 1. The Morgan fingerprint density at radius 1 is 1.00 bits per heavy atom. The molecule has 248 valence electrons. The molecule has 0 radical (unpaired) electrons. The molecule has 3 saturated heterocycles. The Morgan fingerprint density at radius 3 is 2.24 bits per heavy atom. The van der Waals surface area contributed by atoms with Crippen LogP contribution in [0.5, 0.6) is 0 Å². The highest BCUT2D eigenvalue weighted by Crippen LogP contribution is 2.71. The standard InChI is InChI=1S/C37H55N3O4S/c1-9-22-38(27-18-14-13-15-19-27)31(42)28-29-32(43)39(24-16-11-12-17-25-41)30(37(29)21-20-36(28,8)45-37)33(44)40(23-10-2)35(6,7)26-34(3,4)5/h9-10,13-15,18-19,28-30,41H,1-2,11-12,16-17,20-26H2,3-8H3/t28-,29-,30?,36+,37?/m0/s1. The predicted octanol–water partition coefficient (Wildman–Crippen LogP) is 6.47. The lowest BCUT2D eigenvalue weighted by Crippen LogP contribution is -2.60. The van der Waals surface area contributed by atoms with Gasteiger partial charge in [-0.05, 0) is 70.4 Å². The van der Waals surface area contributed by atoms with E-state index in [9.17, 15) is 14.7 Å². The third kappa shape index (κ3) is 6.78. The predicted molar refractivity (Wildman–Crippen MR) is 185 cm³/mol. The number of aliphatic hydroxyl groups is 1. The largest absolute Gasteiger partial charge is 0.396 e. The number of carbonyl (C=O) groups is 3. The van der Waals surface area contributed by atoms with Crippen molar-refractivity contribution in [2.24, 2.45) is 17.3 Å². The molecule has 1 aromatic rings. The van der Waals surface area contributed by atoms with E-state index >= 15 is 4.79 Å². The summed E-state index contributed by atoms with van der Waals surface area (Å²) in [4.78, 5) is 50.0. The molecule has 5 atom stereocenters. The maximum Gasteiger partial charge on any atom is 0.247 e. The van der Waals surface area contributed by atoms with Gasteiger partial charge in [0.05, 0.1) is 16.6 Å². The number of unbranched alkanes of at least 4 members (excludes halogenated alkanes) is 3. The van der Waals surface area contributed by atoms with Crippen molar-refractivity contribution in [2.75, 3.05) is 31.1 Å². The van der Waals surface area contributed by atoms with Crippen LogP contribution in [0.3, 0.4) is 0 Å². The molecular formula is C37H55N3O4S. The smallest absolute Gasteiger partial charge is 0.247 e. The molecule has 4 rings (SSSR count). The highest BCUT2D eigenvalue weighted by molar-refractivity contribution is 8.02. The molecule has 8 heteroatoms. The Labute approximate surface area is 275 Å². The first-order valence-electron chi connectivity index (χ1n) is 16.7. The van der Waals surface area contributed by atoms with Crippen LogP contribution < -0.4 is 4.90 Å². The number of carbonyl (C=O) groups excluding carboxylic acids is 3. The van der Waals surface area contributed by atoms with Crippen LogP contribution >= 0.6 is 11.8 Å². The normalized spacial score (nSPS) is 27.4. The van der Waals surface area contributed by atoms with Gasteiger partial charge in [-0.2, -0.15) is 0 Å². The Balaban J connectivity index is 1.78. The van der Waals surface area contributed by atoms with Gasteiger partial charge in [-0.15, -0.1) is 24.9 Å². The van der Waals surface area contributed by atoms with Crippen LogP contribution in [0, 0.1) is 17.3 Å². The van der Waals surface area contributed by atoms with E-state index in [-0.39, 0.29) is 29.7 Å². The molecule has 1 spiro atoms. The molecule has 1 N–H and O–H groups in total. The number of benzene rings is 1. The van der Waals surface area contributed by atoms with Crippen molar-refractivity contribution in [3.63, 3.8) is 0 Å². The first-order valence-corrected chi connectivity index (χ1v) is 17.5. The van der Waals surface area contributed by atoms with E-state index in [4.69, 9.17) is 0 Å². The molecule has 0 aromatic heterocycles. The molecule has 3 aliphatic heterocycles. The zero-order valence-electron chi connectivity index (χ0n) is 28.4. The summed E-state index contributed by atoms with van der Waals surface area (Å²) in [5.74, 6) is -1.29. The van der Waals surface area contributed by atoms with Gasteiger partial charge in [0.1, 0.15) is 6.04 Å². The van der Waals surface area contributed by atoms with Crippen LogP contribution in [0.1, 0.15) is 86.5 Å². The number of hydrogen-bond acceptors (Lipinski definition) is 5. The summed E-state index contributed by atoms with van der Waals surface area (Å²) in [6.45, 7) is 22.2. The molecule has 2 unspecified atom stereocenters. The minimum Gasteiger partial charge on any atom is -0.396 e. The number of fused-ring (bicyclic) bond motifs is 1.